The summed E-state index contributed by atoms with van der Waals surface area (Å²) in [6.45, 7) is 5.23. The van der Waals surface area contributed by atoms with Crippen LogP contribution >= 0.6 is 0 Å². The average Bonchev–Trinajstić information content (AvgIpc) is 3.04. The summed E-state index contributed by atoms with van der Waals surface area (Å²) in [5, 5.41) is 3.40. The van der Waals surface area contributed by atoms with Crippen molar-refractivity contribution in [3.63, 3.8) is 0 Å². The molecule has 1 aromatic heterocycles. The summed E-state index contributed by atoms with van der Waals surface area (Å²) >= 11 is 0. The highest BCUT2D eigenvalue weighted by molar-refractivity contribution is 5.88. The Morgan fingerprint density at radius 2 is 2.00 bits per heavy atom. The molecule has 0 saturated heterocycles. The van der Waals surface area contributed by atoms with E-state index in [2.05, 4.69) is 5.32 Å². The maximum Gasteiger partial charge on any atom is 0.328 e. The van der Waals surface area contributed by atoms with Gasteiger partial charge < -0.3 is 19.2 Å². The molecule has 2 rings (SSSR count). The number of ether oxygens (including phenoxy) is 2. The van der Waals surface area contributed by atoms with Gasteiger partial charge in [0.15, 0.2) is 6.61 Å². The van der Waals surface area contributed by atoms with Crippen LogP contribution in [0.2, 0.25) is 0 Å². The Bertz CT molecular complexity index is 825. The van der Waals surface area contributed by atoms with Crippen molar-refractivity contribution in [3.05, 3.63) is 35.6 Å². The Morgan fingerprint density at radius 1 is 1.26 bits per heavy atom. The van der Waals surface area contributed by atoms with Crippen molar-refractivity contribution in [2.24, 2.45) is 5.92 Å². The van der Waals surface area contributed by atoms with E-state index in [0.29, 0.717) is 17.6 Å². The molecule has 1 aromatic carbocycles. The van der Waals surface area contributed by atoms with E-state index in [-0.39, 0.29) is 12.3 Å². The zero-order valence-corrected chi connectivity index (χ0v) is 16.0. The first kappa shape index (κ1) is 20.5. The highest BCUT2D eigenvalue weighted by Crippen LogP contribution is 2.22. The molecule has 1 amide bonds. The van der Waals surface area contributed by atoms with Crippen molar-refractivity contribution < 1.29 is 28.3 Å². The number of amides is 1. The molecule has 27 heavy (non-hydrogen) atoms. The molecule has 146 valence electrons. The van der Waals surface area contributed by atoms with Crippen LogP contribution in [0.3, 0.4) is 0 Å². The zero-order valence-electron chi connectivity index (χ0n) is 16.0. The van der Waals surface area contributed by atoms with Gasteiger partial charge in [0.25, 0.3) is 5.91 Å². The second-order valence-corrected chi connectivity index (χ2v) is 6.55. The zero-order chi connectivity index (χ0) is 20.0. The lowest BCUT2D eigenvalue weighted by atomic mass is 9.99. The fraction of sp³-hybridized carbons (Fsp3) is 0.450. The Hall–Kier alpha value is -2.83. The first-order valence-corrected chi connectivity index (χ1v) is 8.85. The largest absolute Gasteiger partial charge is 0.467 e. The quantitative estimate of drug-likeness (QED) is 0.713. The SMILES string of the molecule is CC[C@@H](C)[C@@H](NC(=O)COC(=O)Cc1coc2cc(C)ccc12)C(=O)OC. The van der Waals surface area contributed by atoms with Gasteiger partial charge in [-0.25, -0.2) is 4.79 Å². The molecule has 7 nitrogen and oxygen atoms in total. The number of fused-ring (bicyclic) bond motifs is 1. The molecule has 0 aliphatic rings. The maximum atomic E-state index is 12.1. The van der Waals surface area contributed by atoms with Crippen LogP contribution in [-0.2, 0) is 30.3 Å². The molecular formula is C20H25NO6. The lowest BCUT2D eigenvalue weighted by Gasteiger charge is -2.21. The van der Waals surface area contributed by atoms with Gasteiger partial charge in [0, 0.05) is 10.9 Å². The molecule has 2 aromatic rings. The van der Waals surface area contributed by atoms with E-state index in [1.807, 2.05) is 39.0 Å². The predicted octanol–water partition coefficient (Wildman–Crippen LogP) is 2.53. The van der Waals surface area contributed by atoms with Crippen LogP contribution in [0.25, 0.3) is 11.0 Å². The minimum Gasteiger partial charge on any atom is -0.467 e. The van der Waals surface area contributed by atoms with Crippen LogP contribution in [0.4, 0.5) is 0 Å². The van der Waals surface area contributed by atoms with Gasteiger partial charge in [0.2, 0.25) is 0 Å². The number of furan rings is 1. The number of hydrogen-bond donors (Lipinski definition) is 1. The second-order valence-electron chi connectivity index (χ2n) is 6.55. The molecule has 1 N–H and O–H groups in total. The fourth-order valence-corrected chi connectivity index (χ4v) is 2.69. The number of carbonyl (C=O) groups excluding carboxylic acids is 3. The molecule has 0 spiro atoms. The van der Waals surface area contributed by atoms with Gasteiger partial charge in [-0.05, 0) is 24.5 Å². The van der Waals surface area contributed by atoms with Crippen molar-refractivity contribution in [2.75, 3.05) is 13.7 Å². The molecular weight excluding hydrogens is 350 g/mol. The first-order chi connectivity index (χ1) is 12.8. The van der Waals surface area contributed by atoms with Crippen LogP contribution in [0.15, 0.2) is 28.9 Å². The van der Waals surface area contributed by atoms with Crippen LogP contribution in [0.1, 0.15) is 31.4 Å². The molecule has 2 atom stereocenters. The number of aryl methyl sites for hydroxylation is 1. The number of carbonyl (C=O) groups is 3. The predicted molar refractivity (Wildman–Crippen MR) is 99.0 cm³/mol. The van der Waals surface area contributed by atoms with E-state index in [1.54, 1.807) is 0 Å². The van der Waals surface area contributed by atoms with Crippen LogP contribution in [0, 0.1) is 12.8 Å². The highest BCUT2D eigenvalue weighted by atomic mass is 16.5. The van der Waals surface area contributed by atoms with Crippen LogP contribution in [-0.4, -0.2) is 37.6 Å². The molecule has 0 fully saturated rings. The Kier molecular flexibility index (Phi) is 6.98. The van der Waals surface area contributed by atoms with E-state index in [9.17, 15) is 14.4 Å². The smallest absolute Gasteiger partial charge is 0.328 e. The Morgan fingerprint density at radius 3 is 2.67 bits per heavy atom. The van der Waals surface area contributed by atoms with Gasteiger partial charge in [0.05, 0.1) is 19.8 Å². The number of benzene rings is 1. The molecule has 0 aliphatic heterocycles. The van der Waals surface area contributed by atoms with Crippen molar-refractivity contribution in [3.8, 4) is 0 Å². The summed E-state index contributed by atoms with van der Waals surface area (Å²) in [4.78, 5) is 35.9. The van der Waals surface area contributed by atoms with Crippen molar-refractivity contribution in [1.29, 1.82) is 0 Å². The summed E-state index contributed by atoms with van der Waals surface area (Å²) in [6, 6.07) is 4.94. The molecule has 0 unspecified atom stereocenters. The van der Waals surface area contributed by atoms with E-state index in [4.69, 9.17) is 13.9 Å². The summed E-state index contributed by atoms with van der Waals surface area (Å²) < 4.78 is 15.2. The number of hydrogen-bond acceptors (Lipinski definition) is 6. The third-order valence-electron chi connectivity index (χ3n) is 4.49. The topological polar surface area (TPSA) is 94.8 Å². The molecule has 0 saturated carbocycles. The molecule has 0 radical (unpaired) electrons. The third kappa shape index (κ3) is 5.32. The van der Waals surface area contributed by atoms with Crippen LogP contribution in [0.5, 0.6) is 0 Å². The maximum absolute atomic E-state index is 12.1. The van der Waals surface area contributed by atoms with E-state index >= 15 is 0 Å². The summed E-state index contributed by atoms with van der Waals surface area (Å²) in [5.74, 6) is -1.72. The minimum atomic E-state index is -0.771. The molecule has 7 heteroatoms. The number of nitrogens with one attached hydrogen (secondary N) is 1. The van der Waals surface area contributed by atoms with Crippen molar-refractivity contribution in [2.45, 2.75) is 39.7 Å². The average molecular weight is 375 g/mol. The summed E-state index contributed by atoms with van der Waals surface area (Å²) in [5.41, 5.74) is 2.46. The number of esters is 2. The first-order valence-electron chi connectivity index (χ1n) is 8.85. The standard InChI is InChI=1S/C20H25NO6/c1-5-13(3)19(20(24)25-4)21-17(22)11-27-18(23)9-14-10-26-16-8-12(2)6-7-15(14)16/h6-8,10,13,19H,5,9,11H2,1-4H3,(H,21,22)/t13-,19-/m1/s1. The monoisotopic (exact) mass is 375 g/mol. The molecule has 0 bridgehead atoms. The fourth-order valence-electron chi connectivity index (χ4n) is 2.69. The van der Waals surface area contributed by atoms with Gasteiger partial charge in [-0.2, -0.15) is 0 Å². The highest BCUT2D eigenvalue weighted by Gasteiger charge is 2.27. The van der Waals surface area contributed by atoms with Crippen molar-refractivity contribution in [1.82, 2.24) is 5.32 Å². The van der Waals surface area contributed by atoms with Crippen LogP contribution < -0.4 is 5.32 Å². The minimum absolute atomic E-state index is 0.00483. The lowest BCUT2D eigenvalue weighted by molar-refractivity contribution is -0.150. The van der Waals surface area contributed by atoms with E-state index < -0.39 is 30.5 Å². The Labute approximate surface area is 158 Å². The van der Waals surface area contributed by atoms with Crippen molar-refractivity contribution >= 4 is 28.8 Å². The lowest BCUT2D eigenvalue weighted by Crippen LogP contribution is -2.47. The van der Waals surface area contributed by atoms with Gasteiger partial charge in [-0.3, -0.25) is 9.59 Å². The van der Waals surface area contributed by atoms with Gasteiger partial charge >= 0.3 is 11.9 Å². The molecule has 1 heterocycles. The Balaban J connectivity index is 1.90. The second kappa shape index (κ2) is 9.21. The van der Waals surface area contributed by atoms with Gasteiger partial charge in [0.1, 0.15) is 11.6 Å². The van der Waals surface area contributed by atoms with Gasteiger partial charge in [-0.1, -0.05) is 32.4 Å². The molecule has 0 aliphatic carbocycles. The number of methoxy groups -OCH3 is 1. The summed E-state index contributed by atoms with van der Waals surface area (Å²) in [7, 11) is 1.26. The number of rotatable bonds is 8. The van der Waals surface area contributed by atoms with E-state index in [1.165, 1.54) is 13.4 Å². The normalized spacial score (nSPS) is 13.0. The summed E-state index contributed by atoms with van der Waals surface area (Å²) in [6.07, 6.45) is 2.20. The van der Waals surface area contributed by atoms with Gasteiger partial charge in [-0.15, -0.1) is 0 Å². The third-order valence-corrected chi connectivity index (χ3v) is 4.49. The van der Waals surface area contributed by atoms with E-state index in [0.717, 1.165) is 10.9 Å².